The maximum atomic E-state index is 13.1. The summed E-state index contributed by atoms with van der Waals surface area (Å²) in [4.78, 5) is 39.0. The van der Waals surface area contributed by atoms with Crippen LogP contribution < -0.4 is 15.0 Å². The fourth-order valence-corrected chi connectivity index (χ4v) is 4.04. The van der Waals surface area contributed by atoms with Crippen molar-refractivity contribution in [2.75, 3.05) is 18.6 Å². The zero-order valence-corrected chi connectivity index (χ0v) is 17.8. The molecule has 2 aliphatic heterocycles. The van der Waals surface area contributed by atoms with Crippen molar-refractivity contribution in [1.29, 1.82) is 0 Å². The maximum absolute atomic E-state index is 13.1. The molecule has 0 aliphatic carbocycles. The van der Waals surface area contributed by atoms with Gasteiger partial charge in [-0.3, -0.25) is 14.9 Å². The average molecular weight is 423 g/mol. The van der Waals surface area contributed by atoms with Crippen LogP contribution in [-0.2, 0) is 20.9 Å². The predicted molar refractivity (Wildman–Crippen MR) is 115 cm³/mol. The Kier molecular flexibility index (Phi) is 5.65. The normalized spacial score (nSPS) is 20.5. The van der Waals surface area contributed by atoms with Crippen molar-refractivity contribution in [2.24, 2.45) is 0 Å². The topological polar surface area (TPSA) is 89.9 Å². The van der Waals surface area contributed by atoms with E-state index in [1.165, 1.54) is 7.11 Å². The summed E-state index contributed by atoms with van der Waals surface area (Å²) >= 11 is 0. The molecular formula is C23H25N3O5. The molecule has 3 heterocycles. The molecule has 1 aromatic carbocycles. The molecule has 0 unspecified atom stereocenters. The summed E-state index contributed by atoms with van der Waals surface area (Å²) in [6.07, 6.45) is 3.80. The Balaban J connectivity index is 1.67. The minimum absolute atomic E-state index is 0.0974. The molecule has 162 valence electrons. The Bertz CT molecular complexity index is 1080. The van der Waals surface area contributed by atoms with Gasteiger partial charge in [-0.05, 0) is 56.5 Å². The first kappa shape index (κ1) is 20.9. The third-order valence-electron chi connectivity index (χ3n) is 5.74. The van der Waals surface area contributed by atoms with Crippen LogP contribution in [0.2, 0.25) is 0 Å². The van der Waals surface area contributed by atoms with Gasteiger partial charge in [0.25, 0.3) is 11.8 Å². The summed E-state index contributed by atoms with van der Waals surface area (Å²) in [5.41, 5.74) is 2.94. The summed E-state index contributed by atoms with van der Waals surface area (Å²) in [6.45, 7) is 5.45. The van der Waals surface area contributed by atoms with E-state index in [1.54, 1.807) is 30.3 Å². The minimum atomic E-state index is -0.788. The molecule has 1 aromatic heterocycles. The summed E-state index contributed by atoms with van der Waals surface area (Å²) in [6, 6.07) is 7.71. The van der Waals surface area contributed by atoms with Crippen LogP contribution >= 0.6 is 0 Å². The van der Waals surface area contributed by atoms with Gasteiger partial charge in [-0.25, -0.2) is 9.69 Å². The molecule has 2 fully saturated rings. The van der Waals surface area contributed by atoms with Crippen LogP contribution in [0.5, 0.6) is 5.75 Å². The number of benzene rings is 1. The molecule has 1 N–H and O–H groups in total. The highest BCUT2D eigenvalue weighted by Crippen LogP contribution is 2.27. The Morgan fingerprint density at radius 3 is 2.74 bits per heavy atom. The lowest BCUT2D eigenvalue weighted by atomic mass is 10.1. The number of carbonyl (C=O) groups excluding carboxylic acids is 3. The van der Waals surface area contributed by atoms with Crippen molar-refractivity contribution in [3.8, 4) is 5.75 Å². The Hall–Kier alpha value is -3.39. The number of imide groups is 2. The fraction of sp³-hybridized carbons (Fsp3) is 0.348. The monoisotopic (exact) mass is 423 g/mol. The van der Waals surface area contributed by atoms with Crippen LogP contribution in [0.25, 0.3) is 6.08 Å². The smallest absolute Gasteiger partial charge is 0.335 e. The van der Waals surface area contributed by atoms with E-state index >= 15 is 0 Å². The number of rotatable bonds is 5. The van der Waals surface area contributed by atoms with Gasteiger partial charge in [0.05, 0.1) is 18.9 Å². The van der Waals surface area contributed by atoms with Gasteiger partial charge in [0.2, 0.25) is 0 Å². The highest BCUT2D eigenvalue weighted by atomic mass is 16.5. The Labute approximate surface area is 180 Å². The molecule has 31 heavy (non-hydrogen) atoms. The number of aryl methyl sites for hydroxylation is 1. The summed E-state index contributed by atoms with van der Waals surface area (Å²) in [5, 5.41) is 2.26. The molecule has 0 saturated carbocycles. The highest BCUT2D eigenvalue weighted by molar-refractivity contribution is 6.39. The van der Waals surface area contributed by atoms with Gasteiger partial charge in [0.15, 0.2) is 0 Å². The summed E-state index contributed by atoms with van der Waals surface area (Å²) < 4.78 is 13.1. The van der Waals surface area contributed by atoms with Crippen LogP contribution in [-0.4, -0.2) is 42.2 Å². The lowest BCUT2D eigenvalue weighted by molar-refractivity contribution is -0.122. The van der Waals surface area contributed by atoms with E-state index in [4.69, 9.17) is 9.47 Å². The zero-order valence-electron chi connectivity index (χ0n) is 17.8. The number of ether oxygens (including phenoxy) is 2. The van der Waals surface area contributed by atoms with Crippen LogP contribution in [0.4, 0.5) is 10.5 Å². The molecule has 0 radical (unpaired) electrons. The molecule has 4 rings (SSSR count). The quantitative estimate of drug-likeness (QED) is 0.590. The lowest BCUT2D eigenvalue weighted by Crippen LogP contribution is -2.54. The maximum Gasteiger partial charge on any atom is 0.335 e. The van der Waals surface area contributed by atoms with E-state index in [1.807, 2.05) is 19.9 Å². The zero-order chi connectivity index (χ0) is 22.1. The average Bonchev–Trinajstić information content (AvgIpc) is 3.35. The first-order valence-corrected chi connectivity index (χ1v) is 10.2. The number of hydrogen-bond donors (Lipinski definition) is 1. The highest BCUT2D eigenvalue weighted by Gasteiger charge is 2.37. The predicted octanol–water partition coefficient (Wildman–Crippen LogP) is 2.96. The van der Waals surface area contributed by atoms with Gasteiger partial charge >= 0.3 is 6.03 Å². The second-order valence-corrected chi connectivity index (χ2v) is 7.73. The van der Waals surface area contributed by atoms with E-state index in [2.05, 4.69) is 9.88 Å². The van der Waals surface area contributed by atoms with Crippen molar-refractivity contribution < 1.29 is 23.9 Å². The first-order chi connectivity index (χ1) is 14.9. The number of barbiturate groups is 1. The second-order valence-electron chi connectivity index (χ2n) is 7.73. The molecule has 4 amide bonds. The third-order valence-corrected chi connectivity index (χ3v) is 5.74. The molecular weight excluding hydrogens is 398 g/mol. The molecule has 2 saturated heterocycles. The van der Waals surface area contributed by atoms with Crippen molar-refractivity contribution in [3.63, 3.8) is 0 Å². The molecule has 0 bridgehead atoms. The minimum Gasteiger partial charge on any atom is -0.497 e. The van der Waals surface area contributed by atoms with E-state index in [-0.39, 0.29) is 11.7 Å². The van der Waals surface area contributed by atoms with Gasteiger partial charge < -0.3 is 14.0 Å². The first-order valence-electron chi connectivity index (χ1n) is 10.2. The van der Waals surface area contributed by atoms with Crippen molar-refractivity contribution in [3.05, 3.63) is 52.9 Å². The van der Waals surface area contributed by atoms with Crippen molar-refractivity contribution in [1.82, 2.24) is 9.88 Å². The van der Waals surface area contributed by atoms with Crippen LogP contribution in [0.1, 0.15) is 29.8 Å². The second kappa shape index (κ2) is 8.39. The van der Waals surface area contributed by atoms with E-state index in [0.717, 1.165) is 47.8 Å². The number of nitrogens with one attached hydrogen (secondary N) is 1. The number of methoxy groups -OCH3 is 1. The van der Waals surface area contributed by atoms with Crippen LogP contribution in [0.3, 0.4) is 0 Å². The van der Waals surface area contributed by atoms with E-state index in [0.29, 0.717) is 11.4 Å². The summed E-state index contributed by atoms with van der Waals surface area (Å²) in [7, 11) is 1.50. The van der Waals surface area contributed by atoms with Gasteiger partial charge in [-0.1, -0.05) is 6.07 Å². The number of anilines is 1. The molecule has 8 heteroatoms. The van der Waals surface area contributed by atoms with Crippen LogP contribution in [0, 0.1) is 13.8 Å². The standard InChI is InChI=1S/C23H25N3O5/c1-14-10-16(15(2)25(14)13-19-8-5-9-31-19)11-20-21(27)24-23(29)26(22(20)28)17-6-4-7-18(12-17)30-3/h4,6-7,10-12,19H,5,8-9,13H2,1-3H3,(H,24,27,29)/b20-11+/t19-/m0/s1. The van der Waals surface area contributed by atoms with Crippen molar-refractivity contribution in [2.45, 2.75) is 39.3 Å². The van der Waals surface area contributed by atoms with E-state index in [9.17, 15) is 14.4 Å². The van der Waals surface area contributed by atoms with E-state index < -0.39 is 17.8 Å². The number of nitrogens with zero attached hydrogens (tertiary/aromatic N) is 2. The molecule has 8 nitrogen and oxygen atoms in total. The van der Waals surface area contributed by atoms with Gasteiger partial charge in [0.1, 0.15) is 11.3 Å². The third kappa shape index (κ3) is 3.98. The molecule has 0 spiro atoms. The SMILES string of the molecule is COc1cccc(N2C(=O)NC(=O)/C(=C\c3cc(C)n(C[C@@H]4CCCO4)c3C)C2=O)c1. The summed E-state index contributed by atoms with van der Waals surface area (Å²) in [5.74, 6) is -0.887. The Morgan fingerprint density at radius 2 is 2.03 bits per heavy atom. The molecule has 1 atom stereocenters. The number of urea groups is 1. The number of amides is 4. The molecule has 2 aromatic rings. The fourth-order valence-electron chi connectivity index (χ4n) is 4.04. The van der Waals surface area contributed by atoms with Gasteiger partial charge in [-0.2, -0.15) is 0 Å². The van der Waals surface area contributed by atoms with Gasteiger partial charge in [0, 0.05) is 30.6 Å². The largest absolute Gasteiger partial charge is 0.497 e. The number of aromatic nitrogens is 1. The van der Waals surface area contributed by atoms with Crippen LogP contribution in [0.15, 0.2) is 35.9 Å². The lowest BCUT2D eigenvalue weighted by Gasteiger charge is -2.26. The number of hydrogen-bond acceptors (Lipinski definition) is 5. The van der Waals surface area contributed by atoms with Crippen molar-refractivity contribution >= 4 is 29.6 Å². The number of carbonyl (C=O) groups is 3. The van der Waals surface area contributed by atoms with Gasteiger partial charge in [-0.15, -0.1) is 0 Å². The molecule has 2 aliphatic rings. The Morgan fingerprint density at radius 1 is 1.23 bits per heavy atom.